The summed E-state index contributed by atoms with van der Waals surface area (Å²) >= 11 is 2.76. The number of furan rings is 1. The van der Waals surface area contributed by atoms with Gasteiger partial charge in [-0.2, -0.15) is 0 Å². The van der Waals surface area contributed by atoms with Gasteiger partial charge in [0.2, 0.25) is 16.9 Å². The molecule has 9 nitrogen and oxygen atoms in total. The van der Waals surface area contributed by atoms with Crippen molar-refractivity contribution >= 4 is 45.7 Å². The lowest BCUT2D eigenvalue weighted by Gasteiger charge is -2.34. The standard InChI is InChI=1S/C21H23FN6O3S2/c22-15-3-5-16(6-4-15)24-18(29)13-27-7-9-28(10-8-27)19(30)14-32-21-26-25-20(33-21)23-12-17-2-1-11-31-17/h1-6,11H,7-10,12-14H2,(H,23,25)(H,24,29). The Hall–Kier alpha value is -2.96. The topological polar surface area (TPSA) is 104 Å². The van der Waals surface area contributed by atoms with E-state index in [1.54, 1.807) is 11.2 Å². The number of thioether (sulfide) groups is 1. The number of hydrogen-bond donors (Lipinski definition) is 2. The van der Waals surface area contributed by atoms with Gasteiger partial charge in [0.05, 0.1) is 25.1 Å². The summed E-state index contributed by atoms with van der Waals surface area (Å²) in [6.07, 6.45) is 1.62. The molecule has 3 heterocycles. The second kappa shape index (κ2) is 11.3. The molecule has 0 bridgehead atoms. The number of nitrogens with zero attached hydrogens (tertiary/aromatic N) is 4. The molecule has 33 heavy (non-hydrogen) atoms. The van der Waals surface area contributed by atoms with E-state index in [2.05, 4.69) is 20.8 Å². The summed E-state index contributed by atoms with van der Waals surface area (Å²) in [5.74, 6) is 0.625. The molecule has 4 rings (SSSR count). The lowest BCUT2D eigenvalue weighted by molar-refractivity contribution is -0.130. The molecule has 2 amide bonds. The van der Waals surface area contributed by atoms with Crippen molar-refractivity contribution in [2.75, 3.05) is 49.1 Å². The molecule has 0 spiro atoms. The fraction of sp³-hybridized carbons (Fsp3) is 0.333. The molecule has 12 heteroatoms. The number of halogens is 1. The summed E-state index contributed by atoms with van der Waals surface area (Å²) < 4.78 is 19.0. The molecule has 0 saturated carbocycles. The van der Waals surface area contributed by atoms with Crippen LogP contribution in [0.15, 0.2) is 51.4 Å². The van der Waals surface area contributed by atoms with Crippen molar-refractivity contribution in [3.05, 3.63) is 54.2 Å². The number of amides is 2. The number of rotatable bonds is 9. The van der Waals surface area contributed by atoms with Gasteiger partial charge < -0.3 is 20.0 Å². The fourth-order valence-corrected chi connectivity index (χ4v) is 4.87. The average molecular weight is 491 g/mol. The first kappa shape index (κ1) is 23.2. The summed E-state index contributed by atoms with van der Waals surface area (Å²) in [6.45, 7) is 3.12. The zero-order chi connectivity index (χ0) is 23.0. The molecule has 174 valence electrons. The van der Waals surface area contributed by atoms with Gasteiger partial charge in [-0.1, -0.05) is 23.1 Å². The first-order chi connectivity index (χ1) is 16.0. The second-order valence-corrected chi connectivity index (χ2v) is 9.51. The van der Waals surface area contributed by atoms with Crippen LogP contribution in [0.1, 0.15) is 5.76 Å². The maximum absolute atomic E-state index is 13.0. The molecule has 1 aliphatic rings. The maximum atomic E-state index is 13.0. The highest BCUT2D eigenvalue weighted by molar-refractivity contribution is 8.01. The van der Waals surface area contributed by atoms with Crippen LogP contribution in [0.3, 0.4) is 0 Å². The van der Waals surface area contributed by atoms with Crippen LogP contribution in [0, 0.1) is 5.82 Å². The molecule has 1 aliphatic heterocycles. The smallest absolute Gasteiger partial charge is 0.238 e. The van der Waals surface area contributed by atoms with Crippen LogP contribution in [-0.4, -0.2) is 70.3 Å². The predicted molar refractivity (Wildman–Crippen MR) is 125 cm³/mol. The molecular weight excluding hydrogens is 467 g/mol. The Balaban J connectivity index is 1.14. The first-order valence-corrected chi connectivity index (χ1v) is 12.1. The highest BCUT2D eigenvalue weighted by atomic mass is 32.2. The van der Waals surface area contributed by atoms with Gasteiger partial charge in [-0.05, 0) is 36.4 Å². The third-order valence-electron chi connectivity index (χ3n) is 4.94. The van der Waals surface area contributed by atoms with Crippen LogP contribution >= 0.6 is 23.1 Å². The number of piperazine rings is 1. The predicted octanol–water partition coefficient (Wildman–Crippen LogP) is 2.76. The van der Waals surface area contributed by atoms with Crippen molar-refractivity contribution in [3.8, 4) is 0 Å². The van der Waals surface area contributed by atoms with Crippen LogP contribution in [0.4, 0.5) is 15.2 Å². The van der Waals surface area contributed by atoms with Crippen molar-refractivity contribution in [1.29, 1.82) is 0 Å². The zero-order valence-corrected chi connectivity index (χ0v) is 19.3. The lowest BCUT2D eigenvalue weighted by atomic mass is 10.3. The van der Waals surface area contributed by atoms with E-state index in [4.69, 9.17) is 4.42 Å². The van der Waals surface area contributed by atoms with Crippen molar-refractivity contribution in [2.24, 2.45) is 0 Å². The van der Waals surface area contributed by atoms with Gasteiger partial charge in [-0.3, -0.25) is 14.5 Å². The zero-order valence-electron chi connectivity index (χ0n) is 17.7. The second-order valence-electron chi connectivity index (χ2n) is 7.31. The SMILES string of the molecule is O=C(CN1CCN(C(=O)CSc2nnc(NCc3ccco3)s2)CC1)Nc1ccc(F)cc1. The Labute approximate surface area is 198 Å². The number of carbonyl (C=O) groups is 2. The van der Waals surface area contributed by atoms with E-state index < -0.39 is 0 Å². The van der Waals surface area contributed by atoms with Crippen LogP contribution in [0.2, 0.25) is 0 Å². The third kappa shape index (κ3) is 7.01. The van der Waals surface area contributed by atoms with E-state index >= 15 is 0 Å². The number of carbonyl (C=O) groups excluding carboxylic acids is 2. The van der Waals surface area contributed by atoms with E-state index in [9.17, 15) is 14.0 Å². The molecule has 2 N–H and O–H groups in total. The molecule has 0 radical (unpaired) electrons. The summed E-state index contributed by atoms with van der Waals surface area (Å²) in [4.78, 5) is 28.6. The van der Waals surface area contributed by atoms with Gasteiger partial charge in [0.1, 0.15) is 11.6 Å². The first-order valence-electron chi connectivity index (χ1n) is 10.3. The van der Waals surface area contributed by atoms with Gasteiger partial charge in [0.15, 0.2) is 4.34 Å². The minimum absolute atomic E-state index is 0.0377. The van der Waals surface area contributed by atoms with Crippen LogP contribution < -0.4 is 10.6 Å². The number of hydrogen-bond acceptors (Lipinski definition) is 9. The minimum Gasteiger partial charge on any atom is -0.467 e. The normalized spacial score (nSPS) is 14.3. The largest absolute Gasteiger partial charge is 0.467 e. The third-order valence-corrected chi connectivity index (χ3v) is 6.94. The number of nitrogens with one attached hydrogen (secondary N) is 2. The number of aromatic nitrogens is 2. The van der Waals surface area contributed by atoms with Gasteiger partial charge >= 0.3 is 0 Å². The van der Waals surface area contributed by atoms with E-state index in [0.717, 1.165) is 10.1 Å². The summed E-state index contributed by atoms with van der Waals surface area (Å²) in [5.41, 5.74) is 0.559. The number of anilines is 2. The molecule has 0 unspecified atom stereocenters. The van der Waals surface area contributed by atoms with Crippen LogP contribution in [0.5, 0.6) is 0 Å². The summed E-state index contributed by atoms with van der Waals surface area (Å²) in [5, 5.41) is 14.8. The van der Waals surface area contributed by atoms with E-state index in [1.165, 1.54) is 47.4 Å². The highest BCUT2D eigenvalue weighted by Crippen LogP contribution is 2.26. The van der Waals surface area contributed by atoms with E-state index in [1.807, 2.05) is 17.0 Å². The Morgan fingerprint density at radius 1 is 1.12 bits per heavy atom. The average Bonchev–Trinajstić information content (AvgIpc) is 3.50. The molecular formula is C21H23FN6O3S2. The Kier molecular flexibility index (Phi) is 7.92. The summed E-state index contributed by atoms with van der Waals surface area (Å²) in [7, 11) is 0. The molecule has 1 saturated heterocycles. The van der Waals surface area contributed by atoms with Crippen molar-refractivity contribution in [3.63, 3.8) is 0 Å². The van der Waals surface area contributed by atoms with E-state index in [-0.39, 0.29) is 29.9 Å². The molecule has 1 fully saturated rings. The van der Waals surface area contributed by atoms with E-state index in [0.29, 0.717) is 43.5 Å². The van der Waals surface area contributed by atoms with Crippen molar-refractivity contribution in [1.82, 2.24) is 20.0 Å². The van der Waals surface area contributed by atoms with Gasteiger partial charge in [-0.15, -0.1) is 10.2 Å². The maximum Gasteiger partial charge on any atom is 0.238 e. The van der Waals surface area contributed by atoms with Crippen molar-refractivity contribution in [2.45, 2.75) is 10.9 Å². The monoisotopic (exact) mass is 490 g/mol. The minimum atomic E-state index is -0.347. The molecule has 1 aromatic carbocycles. The fourth-order valence-electron chi connectivity index (χ4n) is 3.22. The Morgan fingerprint density at radius 2 is 1.91 bits per heavy atom. The van der Waals surface area contributed by atoms with Gasteiger partial charge in [-0.25, -0.2) is 4.39 Å². The molecule has 0 atom stereocenters. The quantitative estimate of drug-likeness (QED) is 0.442. The van der Waals surface area contributed by atoms with Gasteiger partial charge in [0.25, 0.3) is 0 Å². The highest BCUT2D eigenvalue weighted by Gasteiger charge is 2.23. The Morgan fingerprint density at radius 3 is 2.64 bits per heavy atom. The van der Waals surface area contributed by atoms with Crippen LogP contribution in [0.25, 0.3) is 0 Å². The van der Waals surface area contributed by atoms with Gasteiger partial charge in [0, 0.05) is 31.9 Å². The lowest BCUT2D eigenvalue weighted by Crippen LogP contribution is -2.50. The molecule has 0 aliphatic carbocycles. The van der Waals surface area contributed by atoms with Crippen LogP contribution in [-0.2, 0) is 16.1 Å². The number of benzene rings is 1. The molecule has 3 aromatic rings. The van der Waals surface area contributed by atoms with Crippen molar-refractivity contribution < 1.29 is 18.4 Å². The summed E-state index contributed by atoms with van der Waals surface area (Å²) in [6, 6.07) is 9.36. The Bertz CT molecular complexity index is 1050. The molecule has 2 aromatic heterocycles.